The molecule has 0 radical (unpaired) electrons. The molecule has 2 rings (SSSR count). The Labute approximate surface area is 124 Å². The molecule has 0 saturated carbocycles. The molecule has 0 aromatic carbocycles. The summed E-state index contributed by atoms with van der Waals surface area (Å²) in [6, 6.07) is 0.120. The van der Waals surface area contributed by atoms with Gasteiger partial charge in [-0.25, -0.2) is 14.8 Å². The van der Waals surface area contributed by atoms with E-state index in [1.165, 1.54) is 0 Å². The number of anilines is 2. The van der Waals surface area contributed by atoms with Gasteiger partial charge in [0.05, 0.1) is 18.1 Å². The molecule has 7 heteroatoms. The SMILES string of the molecule is CC(C)(C)OC(=O)N1CCCC(Nc2ncc(N)cn2)C1. The summed E-state index contributed by atoms with van der Waals surface area (Å²) < 4.78 is 5.40. The first kappa shape index (κ1) is 15.3. The highest BCUT2D eigenvalue weighted by atomic mass is 16.6. The van der Waals surface area contributed by atoms with E-state index in [2.05, 4.69) is 15.3 Å². The van der Waals surface area contributed by atoms with E-state index in [0.717, 1.165) is 19.4 Å². The molecule has 0 aliphatic carbocycles. The number of hydrogen-bond acceptors (Lipinski definition) is 6. The fourth-order valence-electron chi connectivity index (χ4n) is 2.18. The second-order valence-electron chi connectivity index (χ2n) is 6.25. The van der Waals surface area contributed by atoms with Crippen LogP contribution in [0.1, 0.15) is 33.6 Å². The maximum Gasteiger partial charge on any atom is 0.410 e. The third-order valence-electron chi connectivity index (χ3n) is 3.08. The number of nitrogens with two attached hydrogens (primary N) is 1. The fourth-order valence-corrected chi connectivity index (χ4v) is 2.18. The second-order valence-corrected chi connectivity index (χ2v) is 6.25. The van der Waals surface area contributed by atoms with E-state index < -0.39 is 5.60 Å². The average Bonchev–Trinajstić information content (AvgIpc) is 2.40. The fraction of sp³-hybridized carbons (Fsp3) is 0.643. The quantitative estimate of drug-likeness (QED) is 0.864. The van der Waals surface area contributed by atoms with E-state index in [1.807, 2.05) is 20.8 Å². The Bertz CT molecular complexity index is 483. The van der Waals surface area contributed by atoms with Crippen molar-refractivity contribution < 1.29 is 9.53 Å². The van der Waals surface area contributed by atoms with Gasteiger partial charge in [0.25, 0.3) is 0 Å². The lowest BCUT2D eigenvalue weighted by Gasteiger charge is -2.34. The number of likely N-dealkylation sites (tertiary alicyclic amines) is 1. The monoisotopic (exact) mass is 293 g/mol. The predicted molar refractivity (Wildman–Crippen MR) is 80.9 cm³/mol. The normalized spacial score (nSPS) is 19.2. The predicted octanol–water partition coefficient (Wildman–Crippen LogP) is 1.87. The molecule has 2 heterocycles. The summed E-state index contributed by atoms with van der Waals surface area (Å²) in [5, 5.41) is 3.23. The Morgan fingerprint density at radius 3 is 2.71 bits per heavy atom. The molecule has 1 unspecified atom stereocenters. The molecule has 1 atom stereocenters. The second kappa shape index (κ2) is 6.15. The number of nitrogens with one attached hydrogen (secondary N) is 1. The molecular formula is C14H23N5O2. The Hall–Kier alpha value is -2.05. The van der Waals surface area contributed by atoms with Crippen molar-refractivity contribution in [3.05, 3.63) is 12.4 Å². The van der Waals surface area contributed by atoms with E-state index in [4.69, 9.17) is 10.5 Å². The molecule has 3 N–H and O–H groups in total. The number of hydrogen-bond donors (Lipinski definition) is 2. The number of carbonyl (C=O) groups is 1. The highest BCUT2D eigenvalue weighted by Crippen LogP contribution is 2.17. The zero-order chi connectivity index (χ0) is 15.5. The van der Waals surface area contributed by atoms with Crippen LogP contribution >= 0.6 is 0 Å². The van der Waals surface area contributed by atoms with Crippen molar-refractivity contribution in [2.75, 3.05) is 24.1 Å². The minimum absolute atomic E-state index is 0.120. The van der Waals surface area contributed by atoms with Gasteiger partial charge < -0.3 is 20.7 Å². The van der Waals surface area contributed by atoms with Gasteiger partial charge in [-0.2, -0.15) is 0 Å². The van der Waals surface area contributed by atoms with Gasteiger partial charge in [0.1, 0.15) is 5.60 Å². The smallest absolute Gasteiger partial charge is 0.410 e. The summed E-state index contributed by atoms with van der Waals surface area (Å²) in [6.45, 7) is 6.91. The van der Waals surface area contributed by atoms with Crippen molar-refractivity contribution in [1.82, 2.24) is 14.9 Å². The summed E-state index contributed by atoms with van der Waals surface area (Å²) >= 11 is 0. The molecule has 21 heavy (non-hydrogen) atoms. The number of ether oxygens (including phenoxy) is 1. The van der Waals surface area contributed by atoms with Crippen LogP contribution in [0.3, 0.4) is 0 Å². The molecule has 1 saturated heterocycles. The summed E-state index contributed by atoms with van der Waals surface area (Å²) in [5.74, 6) is 0.528. The molecule has 1 aromatic heterocycles. The molecule has 1 aromatic rings. The number of nitrogens with zero attached hydrogens (tertiary/aromatic N) is 3. The van der Waals surface area contributed by atoms with Gasteiger partial charge in [-0.15, -0.1) is 0 Å². The van der Waals surface area contributed by atoms with Crippen LogP contribution in [-0.2, 0) is 4.74 Å². The Kier molecular flexibility index (Phi) is 4.50. The number of piperidine rings is 1. The lowest BCUT2D eigenvalue weighted by Crippen LogP contribution is -2.47. The van der Waals surface area contributed by atoms with Gasteiger partial charge in [-0.1, -0.05) is 0 Å². The highest BCUT2D eigenvalue weighted by Gasteiger charge is 2.27. The topological polar surface area (TPSA) is 93.4 Å². The van der Waals surface area contributed by atoms with Crippen molar-refractivity contribution in [2.24, 2.45) is 0 Å². The van der Waals surface area contributed by atoms with Gasteiger partial charge in [0.2, 0.25) is 5.95 Å². The van der Waals surface area contributed by atoms with E-state index >= 15 is 0 Å². The molecule has 0 spiro atoms. The third-order valence-corrected chi connectivity index (χ3v) is 3.08. The molecule has 7 nitrogen and oxygen atoms in total. The van der Waals surface area contributed by atoms with Crippen molar-refractivity contribution in [3.8, 4) is 0 Å². The summed E-state index contributed by atoms with van der Waals surface area (Å²) in [7, 11) is 0. The summed E-state index contributed by atoms with van der Waals surface area (Å²) in [5.41, 5.74) is 5.61. The van der Waals surface area contributed by atoms with Crippen molar-refractivity contribution >= 4 is 17.7 Å². The summed E-state index contributed by atoms with van der Waals surface area (Å²) in [6.07, 6.45) is 4.74. The van der Waals surface area contributed by atoms with E-state index in [1.54, 1.807) is 17.3 Å². The van der Waals surface area contributed by atoms with Gasteiger partial charge in [0.15, 0.2) is 0 Å². The maximum absolute atomic E-state index is 12.1. The zero-order valence-corrected chi connectivity index (χ0v) is 12.8. The van der Waals surface area contributed by atoms with Gasteiger partial charge >= 0.3 is 6.09 Å². The lowest BCUT2D eigenvalue weighted by molar-refractivity contribution is 0.0206. The van der Waals surface area contributed by atoms with E-state index in [9.17, 15) is 4.79 Å². The van der Waals surface area contributed by atoms with Crippen LogP contribution in [0.5, 0.6) is 0 Å². The molecular weight excluding hydrogens is 270 g/mol. The molecule has 1 aliphatic rings. The van der Waals surface area contributed by atoms with Crippen molar-refractivity contribution in [1.29, 1.82) is 0 Å². The van der Waals surface area contributed by atoms with E-state index in [0.29, 0.717) is 18.2 Å². The molecule has 1 amide bonds. The van der Waals surface area contributed by atoms with Crippen LogP contribution in [0, 0.1) is 0 Å². The molecule has 1 fully saturated rings. The highest BCUT2D eigenvalue weighted by molar-refractivity contribution is 5.68. The standard InChI is InChI=1S/C14H23N5O2/c1-14(2,3)21-13(20)19-6-4-5-11(9-19)18-12-16-7-10(15)8-17-12/h7-8,11H,4-6,9,15H2,1-3H3,(H,16,17,18). The van der Waals surface area contributed by atoms with Crippen LogP contribution in [0.25, 0.3) is 0 Å². The van der Waals surface area contributed by atoms with Crippen LogP contribution in [-0.4, -0.2) is 45.7 Å². The number of rotatable bonds is 2. The van der Waals surface area contributed by atoms with Gasteiger partial charge in [0, 0.05) is 19.1 Å². The first-order chi connectivity index (χ1) is 9.83. The van der Waals surface area contributed by atoms with Gasteiger partial charge in [-0.3, -0.25) is 0 Å². The summed E-state index contributed by atoms with van der Waals surface area (Å²) in [4.78, 5) is 22.0. The lowest BCUT2D eigenvalue weighted by atomic mass is 10.1. The van der Waals surface area contributed by atoms with E-state index in [-0.39, 0.29) is 12.1 Å². The number of amides is 1. The first-order valence-corrected chi connectivity index (χ1v) is 7.15. The van der Waals surface area contributed by atoms with Gasteiger partial charge in [-0.05, 0) is 33.6 Å². The minimum Gasteiger partial charge on any atom is -0.444 e. The maximum atomic E-state index is 12.1. The van der Waals surface area contributed by atoms with Crippen molar-refractivity contribution in [3.63, 3.8) is 0 Å². The van der Waals surface area contributed by atoms with Crippen LogP contribution < -0.4 is 11.1 Å². The van der Waals surface area contributed by atoms with Crippen molar-refractivity contribution in [2.45, 2.75) is 45.3 Å². The number of carbonyl (C=O) groups excluding carboxylic acids is 1. The van der Waals surface area contributed by atoms with Crippen LogP contribution in [0.15, 0.2) is 12.4 Å². The first-order valence-electron chi connectivity index (χ1n) is 7.15. The third kappa shape index (κ3) is 4.77. The number of nitrogen functional groups attached to an aromatic ring is 1. The minimum atomic E-state index is -0.475. The Balaban J connectivity index is 1.91. The average molecular weight is 293 g/mol. The zero-order valence-electron chi connectivity index (χ0n) is 12.8. The number of aromatic nitrogens is 2. The Morgan fingerprint density at radius 1 is 1.43 bits per heavy atom. The van der Waals surface area contributed by atoms with Crippen LogP contribution in [0.2, 0.25) is 0 Å². The molecule has 116 valence electrons. The molecule has 0 bridgehead atoms. The van der Waals surface area contributed by atoms with Crippen LogP contribution in [0.4, 0.5) is 16.4 Å². The largest absolute Gasteiger partial charge is 0.444 e. The Morgan fingerprint density at radius 2 is 2.10 bits per heavy atom. The molecule has 1 aliphatic heterocycles.